The van der Waals surface area contributed by atoms with Gasteiger partial charge in [0, 0.05) is 0 Å². The predicted molar refractivity (Wildman–Crippen MR) is 27.4 cm³/mol. The highest BCUT2D eigenvalue weighted by atomic mass is 35.5. The highest BCUT2D eigenvalue weighted by Gasteiger charge is 1.90. The van der Waals surface area contributed by atoms with Crippen molar-refractivity contribution in [1.29, 1.82) is 0 Å². The first-order chi connectivity index (χ1) is 2.56. The first-order valence-corrected chi connectivity index (χ1v) is 2.62. The van der Waals surface area contributed by atoms with Crippen LogP contribution in [0.5, 0.6) is 0 Å². The van der Waals surface area contributed by atoms with Crippen LogP contribution in [0.4, 0.5) is 0 Å². The van der Waals surface area contributed by atoms with E-state index in [0.717, 1.165) is 7.11 Å². The van der Waals surface area contributed by atoms with E-state index < -0.39 is 10.3 Å². The third kappa shape index (κ3) is 10.7. The minimum absolute atomic E-state index is 0. The second kappa shape index (κ2) is 3.20. The van der Waals surface area contributed by atoms with Crippen molar-refractivity contribution in [3.8, 4) is 0 Å². The van der Waals surface area contributed by atoms with E-state index in [0.29, 0.717) is 0 Å². The van der Waals surface area contributed by atoms with Crippen LogP contribution >= 0.6 is 12.4 Å². The molecule has 7 heavy (non-hydrogen) atoms. The van der Waals surface area contributed by atoms with Gasteiger partial charge in [-0.05, 0) is 0 Å². The van der Waals surface area contributed by atoms with Crippen molar-refractivity contribution in [3.05, 3.63) is 0 Å². The second-order valence-electron chi connectivity index (χ2n) is 0.659. The van der Waals surface area contributed by atoms with Crippen molar-refractivity contribution in [3.63, 3.8) is 0 Å². The number of halogens is 1. The molecule has 0 atom stereocenters. The fourth-order valence-electron chi connectivity index (χ4n) is 0. The van der Waals surface area contributed by atoms with Crippen LogP contribution < -0.4 is 5.14 Å². The number of rotatable bonds is 1. The Labute approximate surface area is 48.3 Å². The molecule has 0 fully saturated rings. The molecular formula is CH6ClNO3S. The number of hydrogen-bond donors (Lipinski definition) is 1. The largest absolute Gasteiger partial charge is 0.333 e. The molecule has 0 saturated heterocycles. The van der Waals surface area contributed by atoms with E-state index in [2.05, 4.69) is 9.32 Å². The minimum atomic E-state index is -3.66. The van der Waals surface area contributed by atoms with E-state index in [1.807, 2.05) is 0 Å². The Morgan fingerprint density at radius 3 is 1.71 bits per heavy atom. The zero-order valence-electron chi connectivity index (χ0n) is 3.62. The molecule has 6 heteroatoms. The van der Waals surface area contributed by atoms with Crippen molar-refractivity contribution < 1.29 is 12.6 Å². The topological polar surface area (TPSA) is 69.4 Å². The van der Waals surface area contributed by atoms with E-state index in [1.165, 1.54) is 0 Å². The molecule has 46 valence electrons. The maximum absolute atomic E-state index is 9.56. The summed E-state index contributed by atoms with van der Waals surface area (Å²) in [6.45, 7) is 0. The van der Waals surface area contributed by atoms with Gasteiger partial charge in [-0.25, -0.2) is 5.14 Å². The zero-order valence-corrected chi connectivity index (χ0v) is 5.25. The Bertz CT molecular complexity index is 117. The summed E-state index contributed by atoms with van der Waals surface area (Å²) >= 11 is 0. The van der Waals surface area contributed by atoms with Crippen LogP contribution in [-0.2, 0) is 14.5 Å². The molecule has 0 heterocycles. The van der Waals surface area contributed by atoms with Crippen LogP contribution in [0.1, 0.15) is 0 Å². The molecule has 2 N–H and O–H groups in total. The molecule has 0 bridgehead atoms. The summed E-state index contributed by atoms with van der Waals surface area (Å²) in [5, 5.41) is 4.28. The fraction of sp³-hybridized carbons (Fsp3) is 1.00. The molecule has 0 rings (SSSR count). The predicted octanol–water partition coefficient (Wildman–Crippen LogP) is -0.742. The highest BCUT2D eigenvalue weighted by molar-refractivity contribution is 7.84. The molecule has 0 spiro atoms. The molecule has 0 aliphatic heterocycles. The average molecular weight is 148 g/mol. The SMILES string of the molecule is COS(N)(=O)=O.Cl. The van der Waals surface area contributed by atoms with E-state index in [1.54, 1.807) is 0 Å². The van der Waals surface area contributed by atoms with Crippen LogP contribution in [-0.4, -0.2) is 15.5 Å². The second-order valence-corrected chi connectivity index (χ2v) is 1.98. The van der Waals surface area contributed by atoms with E-state index in [-0.39, 0.29) is 12.4 Å². The van der Waals surface area contributed by atoms with Crippen LogP contribution in [0.25, 0.3) is 0 Å². The summed E-state index contributed by atoms with van der Waals surface area (Å²) in [6, 6.07) is 0. The van der Waals surface area contributed by atoms with E-state index >= 15 is 0 Å². The lowest BCUT2D eigenvalue weighted by Gasteiger charge is -1.84. The van der Waals surface area contributed by atoms with E-state index in [9.17, 15) is 8.42 Å². The number of hydrogen-bond acceptors (Lipinski definition) is 3. The normalized spacial score (nSPS) is 10.0. The van der Waals surface area contributed by atoms with Gasteiger partial charge in [0.2, 0.25) is 0 Å². The summed E-state index contributed by atoms with van der Waals surface area (Å²) in [6.07, 6.45) is 0. The molecule has 0 amide bonds. The standard InChI is InChI=1S/CH5NO3S.ClH/c1-5-6(2,3)4;/h1H3,(H2,2,3,4);1H. The molecule has 0 saturated carbocycles. The van der Waals surface area contributed by atoms with Crippen LogP contribution in [0.15, 0.2) is 0 Å². The lowest BCUT2D eigenvalue weighted by molar-refractivity contribution is 0.399. The lowest BCUT2D eigenvalue weighted by Crippen LogP contribution is -2.12. The molecule has 4 nitrogen and oxygen atoms in total. The summed E-state index contributed by atoms with van der Waals surface area (Å²) < 4.78 is 22.8. The Balaban J connectivity index is 0. The Morgan fingerprint density at radius 2 is 1.71 bits per heavy atom. The molecule has 0 unspecified atom stereocenters. The van der Waals surface area contributed by atoms with Gasteiger partial charge < -0.3 is 0 Å². The Hall–Kier alpha value is 0.160. The summed E-state index contributed by atoms with van der Waals surface area (Å²) in [4.78, 5) is 0. The van der Waals surface area contributed by atoms with Crippen LogP contribution in [0, 0.1) is 0 Å². The third-order valence-corrected chi connectivity index (χ3v) is 0.697. The molecule has 0 aliphatic carbocycles. The van der Waals surface area contributed by atoms with Crippen molar-refractivity contribution in [1.82, 2.24) is 0 Å². The monoisotopic (exact) mass is 147 g/mol. The molecular weight excluding hydrogens is 142 g/mol. The van der Waals surface area contributed by atoms with Crippen LogP contribution in [0.2, 0.25) is 0 Å². The first kappa shape index (κ1) is 10.2. The maximum Gasteiger partial charge on any atom is 0.333 e. The Morgan fingerprint density at radius 1 is 1.57 bits per heavy atom. The first-order valence-electron chi connectivity index (χ1n) is 1.14. The van der Waals surface area contributed by atoms with Gasteiger partial charge in [0.1, 0.15) is 0 Å². The quantitative estimate of drug-likeness (QED) is 0.531. The van der Waals surface area contributed by atoms with Gasteiger partial charge in [0.15, 0.2) is 0 Å². The van der Waals surface area contributed by atoms with Gasteiger partial charge in [0.25, 0.3) is 0 Å². The van der Waals surface area contributed by atoms with Crippen molar-refractivity contribution in [2.75, 3.05) is 7.11 Å². The van der Waals surface area contributed by atoms with Crippen molar-refractivity contribution in [2.45, 2.75) is 0 Å². The fourth-order valence-corrected chi connectivity index (χ4v) is 0. The summed E-state index contributed by atoms with van der Waals surface area (Å²) in [5.41, 5.74) is 0. The molecule has 0 aromatic heterocycles. The van der Waals surface area contributed by atoms with Gasteiger partial charge in [0.05, 0.1) is 7.11 Å². The highest BCUT2D eigenvalue weighted by Crippen LogP contribution is 1.68. The Kier molecular flexibility index (Phi) is 4.66. The average Bonchev–Trinajstić information content (AvgIpc) is 1.35. The molecule has 0 radical (unpaired) electrons. The van der Waals surface area contributed by atoms with E-state index in [4.69, 9.17) is 0 Å². The molecule has 0 aromatic rings. The van der Waals surface area contributed by atoms with Crippen molar-refractivity contribution >= 4 is 22.7 Å². The third-order valence-electron chi connectivity index (χ3n) is 0.232. The van der Waals surface area contributed by atoms with Crippen LogP contribution in [0.3, 0.4) is 0 Å². The zero-order chi connectivity index (χ0) is 5.21. The van der Waals surface area contributed by atoms with Gasteiger partial charge in [-0.3, -0.25) is 4.18 Å². The summed E-state index contributed by atoms with van der Waals surface area (Å²) in [7, 11) is -2.67. The van der Waals surface area contributed by atoms with Gasteiger partial charge in [-0.15, -0.1) is 12.4 Å². The van der Waals surface area contributed by atoms with Gasteiger partial charge in [-0.1, -0.05) is 0 Å². The summed E-state index contributed by atoms with van der Waals surface area (Å²) in [5.74, 6) is 0. The molecule has 0 aliphatic rings. The van der Waals surface area contributed by atoms with Crippen molar-refractivity contribution in [2.24, 2.45) is 5.14 Å². The smallest absolute Gasteiger partial charge is 0.262 e. The maximum atomic E-state index is 9.56. The molecule has 0 aromatic carbocycles. The number of nitrogens with two attached hydrogens (primary N) is 1. The minimum Gasteiger partial charge on any atom is -0.262 e. The van der Waals surface area contributed by atoms with Gasteiger partial charge in [-0.2, -0.15) is 8.42 Å². The van der Waals surface area contributed by atoms with Gasteiger partial charge >= 0.3 is 10.3 Å². The lowest BCUT2D eigenvalue weighted by atomic mass is 11.8.